The number of H-pyrrole nitrogens is 1. The molecule has 5 nitrogen and oxygen atoms in total. The number of aromatic amines is 1. The number of benzene rings is 2. The summed E-state index contributed by atoms with van der Waals surface area (Å²) in [6.07, 6.45) is 2.61. The van der Waals surface area contributed by atoms with Crippen molar-refractivity contribution in [2.45, 2.75) is 13.3 Å². The van der Waals surface area contributed by atoms with Gasteiger partial charge in [-0.15, -0.1) is 0 Å². The van der Waals surface area contributed by atoms with E-state index in [2.05, 4.69) is 27.6 Å². The molecule has 120 valence electrons. The number of hydrogen-bond donors (Lipinski definition) is 2. The molecule has 0 aliphatic heterocycles. The molecule has 2 aromatic carbocycles. The van der Waals surface area contributed by atoms with Crippen LogP contribution >= 0.6 is 0 Å². The molecule has 0 saturated heterocycles. The zero-order valence-corrected chi connectivity index (χ0v) is 13.4. The van der Waals surface area contributed by atoms with Gasteiger partial charge in [0, 0.05) is 5.56 Å². The highest BCUT2D eigenvalue weighted by molar-refractivity contribution is 5.94. The van der Waals surface area contributed by atoms with Gasteiger partial charge in [0.1, 0.15) is 5.69 Å². The Morgan fingerprint density at radius 3 is 2.62 bits per heavy atom. The fraction of sp³-hybridized carbons (Fsp3) is 0.105. The van der Waals surface area contributed by atoms with Gasteiger partial charge in [-0.2, -0.15) is 10.2 Å². The van der Waals surface area contributed by atoms with Gasteiger partial charge in [-0.3, -0.25) is 9.89 Å². The summed E-state index contributed by atoms with van der Waals surface area (Å²) in [5, 5.41) is 10.9. The Labute approximate surface area is 140 Å². The third-order valence-electron chi connectivity index (χ3n) is 3.66. The summed E-state index contributed by atoms with van der Waals surface area (Å²) in [4.78, 5) is 12.1. The Bertz CT molecular complexity index is 835. The zero-order chi connectivity index (χ0) is 16.8. The maximum Gasteiger partial charge on any atom is 0.289 e. The number of hydrazone groups is 1. The molecule has 0 spiro atoms. The lowest BCUT2D eigenvalue weighted by Gasteiger charge is -1.98. The van der Waals surface area contributed by atoms with E-state index in [1.807, 2.05) is 54.6 Å². The summed E-state index contributed by atoms with van der Waals surface area (Å²) in [6.45, 7) is 2.11. The van der Waals surface area contributed by atoms with Crippen molar-refractivity contribution in [3.63, 3.8) is 0 Å². The second-order valence-corrected chi connectivity index (χ2v) is 5.33. The van der Waals surface area contributed by atoms with Gasteiger partial charge in [-0.05, 0) is 23.6 Å². The van der Waals surface area contributed by atoms with Gasteiger partial charge in [0.2, 0.25) is 0 Å². The largest absolute Gasteiger partial charge is 0.289 e. The molecule has 0 aliphatic rings. The molecule has 0 fully saturated rings. The van der Waals surface area contributed by atoms with Crippen molar-refractivity contribution in [1.82, 2.24) is 15.6 Å². The molecule has 0 atom stereocenters. The first kappa shape index (κ1) is 15.7. The van der Waals surface area contributed by atoms with Gasteiger partial charge in [0.25, 0.3) is 5.91 Å². The summed E-state index contributed by atoms with van der Waals surface area (Å²) in [5.41, 5.74) is 6.74. The topological polar surface area (TPSA) is 70.1 Å². The summed E-state index contributed by atoms with van der Waals surface area (Å²) in [6, 6.07) is 19.4. The summed E-state index contributed by atoms with van der Waals surface area (Å²) < 4.78 is 0. The minimum Gasteiger partial charge on any atom is -0.272 e. The van der Waals surface area contributed by atoms with Crippen LogP contribution in [0.5, 0.6) is 0 Å². The zero-order valence-electron chi connectivity index (χ0n) is 13.4. The highest BCUT2D eigenvalue weighted by Crippen LogP contribution is 2.16. The van der Waals surface area contributed by atoms with Gasteiger partial charge in [0.05, 0.1) is 11.9 Å². The van der Waals surface area contributed by atoms with Crippen LogP contribution < -0.4 is 5.43 Å². The Kier molecular flexibility index (Phi) is 4.81. The predicted octanol–water partition coefficient (Wildman–Crippen LogP) is 3.40. The number of carbonyl (C=O) groups is 1. The number of amides is 1. The standard InChI is InChI=1S/C19H18N4O/c1-2-14-8-10-15(11-9-14)13-20-23-19(24)18-12-17(21-22-18)16-6-4-3-5-7-16/h3-13H,2H2,1H3,(H,21,22)(H,23,24). The molecule has 0 unspecified atom stereocenters. The first-order valence-electron chi connectivity index (χ1n) is 7.79. The van der Waals surface area contributed by atoms with E-state index in [4.69, 9.17) is 0 Å². The number of hydrogen-bond acceptors (Lipinski definition) is 3. The molecule has 1 heterocycles. The molecule has 0 bridgehead atoms. The molecule has 24 heavy (non-hydrogen) atoms. The number of nitrogens with zero attached hydrogens (tertiary/aromatic N) is 2. The van der Waals surface area contributed by atoms with Crippen LogP contribution in [0.15, 0.2) is 65.8 Å². The first-order chi connectivity index (χ1) is 11.8. The van der Waals surface area contributed by atoms with Crippen molar-refractivity contribution in [3.05, 3.63) is 77.5 Å². The molecule has 0 aliphatic carbocycles. The first-order valence-corrected chi connectivity index (χ1v) is 7.79. The van der Waals surface area contributed by atoms with Crippen molar-refractivity contribution in [2.75, 3.05) is 0 Å². The van der Waals surface area contributed by atoms with Crippen LogP contribution in [0, 0.1) is 0 Å². The van der Waals surface area contributed by atoms with E-state index in [0.717, 1.165) is 23.2 Å². The molecular formula is C19H18N4O. The fourth-order valence-corrected chi connectivity index (χ4v) is 2.26. The second kappa shape index (κ2) is 7.37. The molecule has 3 rings (SSSR count). The van der Waals surface area contributed by atoms with Crippen LogP contribution in [0.1, 0.15) is 28.5 Å². The quantitative estimate of drug-likeness (QED) is 0.559. The van der Waals surface area contributed by atoms with E-state index >= 15 is 0 Å². The van der Waals surface area contributed by atoms with E-state index in [0.29, 0.717) is 5.69 Å². The number of nitrogens with one attached hydrogen (secondary N) is 2. The van der Waals surface area contributed by atoms with Gasteiger partial charge in [-0.25, -0.2) is 5.43 Å². The van der Waals surface area contributed by atoms with Crippen LogP contribution in [-0.4, -0.2) is 22.3 Å². The lowest BCUT2D eigenvalue weighted by molar-refractivity contribution is 0.0950. The highest BCUT2D eigenvalue weighted by atomic mass is 16.2. The maximum absolute atomic E-state index is 12.1. The molecule has 2 N–H and O–H groups in total. The third kappa shape index (κ3) is 3.76. The SMILES string of the molecule is CCc1ccc(C=NNC(=O)c2cc(-c3ccccc3)n[nH]2)cc1. The number of rotatable bonds is 5. The van der Waals surface area contributed by atoms with Crippen LogP contribution in [0.2, 0.25) is 0 Å². The van der Waals surface area contributed by atoms with Crippen molar-refractivity contribution < 1.29 is 4.79 Å². The van der Waals surface area contributed by atoms with E-state index in [1.54, 1.807) is 12.3 Å². The maximum atomic E-state index is 12.1. The van der Waals surface area contributed by atoms with Crippen molar-refractivity contribution in [3.8, 4) is 11.3 Å². The van der Waals surface area contributed by atoms with E-state index < -0.39 is 0 Å². The highest BCUT2D eigenvalue weighted by Gasteiger charge is 2.09. The number of aryl methyl sites for hydroxylation is 1. The Morgan fingerprint density at radius 1 is 1.17 bits per heavy atom. The van der Waals surface area contributed by atoms with Gasteiger partial charge in [0.15, 0.2) is 0 Å². The predicted molar refractivity (Wildman–Crippen MR) is 94.9 cm³/mol. The molecule has 0 radical (unpaired) electrons. The summed E-state index contributed by atoms with van der Waals surface area (Å²) in [7, 11) is 0. The van der Waals surface area contributed by atoms with E-state index in [9.17, 15) is 4.79 Å². The summed E-state index contributed by atoms with van der Waals surface area (Å²) in [5.74, 6) is -0.328. The number of carbonyl (C=O) groups excluding carboxylic acids is 1. The van der Waals surface area contributed by atoms with Gasteiger partial charge >= 0.3 is 0 Å². The molecular weight excluding hydrogens is 300 g/mol. The Hall–Kier alpha value is -3.21. The fourth-order valence-electron chi connectivity index (χ4n) is 2.26. The average molecular weight is 318 g/mol. The Morgan fingerprint density at radius 2 is 1.92 bits per heavy atom. The lowest BCUT2D eigenvalue weighted by Crippen LogP contribution is -2.17. The molecule has 0 saturated carbocycles. The molecule has 1 aromatic heterocycles. The minimum atomic E-state index is -0.328. The third-order valence-corrected chi connectivity index (χ3v) is 3.66. The van der Waals surface area contributed by atoms with Crippen molar-refractivity contribution >= 4 is 12.1 Å². The summed E-state index contributed by atoms with van der Waals surface area (Å²) >= 11 is 0. The second-order valence-electron chi connectivity index (χ2n) is 5.33. The van der Waals surface area contributed by atoms with Crippen LogP contribution in [0.3, 0.4) is 0 Å². The van der Waals surface area contributed by atoms with E-state index in [-0.39, 0.29) is 5.91 Å². The average Bonchev–Trinajstić information content (AvgIpc) is 3.13. The lowest BCUT2D eigenvalue weighted by atomic mass is 10.1. The molecule has 1 amide bonds. The monoisotopic (exact) mass is 318 g/mol. The van der Waals surface area contributed by atoms with E-state index in [1.165, 1.54) is 5.56 Å². The van der Waals surface area contributed by atoms with Crippen molar-refractivity contribution in [1.29, 1.82) is 0 Å². The van der Waals surface area contributed by atoms with Crippen LogP contribution in [0.4, 0.5) is 0 Å². The molecule has 5 heteroatoms. The van der Waals surface area contributed by atoms with Gasteiger partial charge in [-0.1, -0.05) is 61.5 Å². The van der Waals surface area contributed by atoms with Gasteiger partial charge < -0.3 is 0 Å². The van der Waals surface area contributed by atoms with Crippen molar-refractivity contribution in [2.24, 2.45) is 5.10 Å². The van der Waals surface area contributed by atoms with Crippen LogP contribution in [-0.2, 0) is 6.42 Å². The molecule has 3 aromatic rings. The number of aromatic nitrogens is 2. The van der Waals surface area contributed by atoms with Crippen LogP contribution in [0.25, 0.3) is 11.3 Å². The normalized spacial score (nSPS) is 10.9. The Balaban J connectivity index is 1.62. The minimum absolute atomic E-state index is 0.328. The smallest absolute Gasteiger partial charge is 0.272 e.